The number of benzene rings is 2. The molecule has 0 bridgehead atoms. The molecule has 0 N–H and O–H groups in total. The van der Waals surface area contributed by atoms with Gasteiger partial charge in [0, 0.05) is 10.8 Å². The van der Waals surface area contributed by atoms with Crippen LogP contribution < -0.4 is 0 Å². The highest BCUT2D eigenvalue weighted by Crippen LogP contribution is 2.32. The van der Waals surface area contributed by atoms with Crippen LogP contribution in [0.4, 0.5) is 4.79 Å². The quantitative estimate of drug-likeness (QED) is 0.331. The summed E-state index contributed by atoms with van der Waals surface area (Å²) in [6.07, 6.45) is 0.800. The van der Waals surface area contributed by atoms with Gasteiger partial charge >= 0.3 is 6.09 Å². The molecule has 1 saturated heterocycles. The molecule has 1 aliphatic heterocycles. The minimum absolute atomic E-state index is 0.0572. The summed E-state index contributed by atoms with van der Waals surface area (Å²) in [7, 11) is 0. The molecule has 27 heavy (non-hydrogen) atoms. The van der Waals surface area contributed by atoms with Crippen molar-refractivity contribution in [3.05, 3.63) is 94.9 Å². The molecule has 7 nitrogen and oxygen atoms in total. The number of imide groups is 1. The van der Waals surface area contributed by atoms with E-state index in [0.717, 1.165) is 16.0 Å². The van der Waals surface area contributed by atoms with Gasteiger partial charge in [0.15, 0.2) is 0 Å². The number of rotatable bonds is 6. The number of azide groups is 1. The second-order valence-electron chi connectivity index (χ2n) is 6.03. The molecule has 0 saturated carbocycles. The van der Waals surface area contributed by atoms with Crippen LogP contribution in [0.15, 0.2) is 78.4 Å². The lowest BCUT2D eigenvalue weighted by Gasteiger charge is -2.26. The first kappa shape index (κ1) is 18.2. The average molecular weight is 362 g/mol. The first-order valence-corrected chi connectivity index (χ1v) is 8.44. The zero-order chi connectivity index (χ0) is 19.2. The maximum atomic E-state index is 13.2. The molecule has 3 unspecified atom stereocenters. The molecule has 0 aromatic heterocycles. The van der Waals surface area contributed by atoms with Crippen LogP contribution in [0.3, 0.4) is 0 Å². The summed E-state index contributed by atoms with van der Waals surface area (Å²) in [5.74, 6) is -1.18. The summed E-state index contributed by atoms with van der Waals surface area (Å²) in [5, 5.41) is 3.69. The molecule has 1 fully saturated rings. The topological polar surface area (TPSA) is 95.4 Å². The average Bonchev–Trinajstić information content (AvgIpc) is 3.10. The lowest BCUT2D eigenvalue weighted by Crippen LogP contribution is -2.42. The van der Waals surface area contributed by atoms with E-state index in [1.807, 2.05) is 60.7 Å². The van der Waals surface area contributed by atoms with Gasteiger partial charge in [0.05, 0.1) is 0 Å². The Labute approximate surface area is 156 Å². The second kappa shape index (κ2) is 8.21. The first-order valence-electron chi connectivity index (χ1n) is 8.44. The van der Waals surface area contributed by atoms with Crippen molar-refractivity contribution >= 4 is 12.0 Å². The van der Waals surface area contributed by atoms with Crippen LogP contribution >= 0.6 is 0 Å². The van der Waals surface area contributed by atoms with Gasteiger partial charge in [-0.25, -0.2) is 9.69 Å². The van der Waals surface area contributed by atoms with Crippen LogP contribution in [0.25, 0.3) is 10.4 Å². The third kappa shape index (κ3) is 3.68. The molecule has 0 aliphatic carbocycles. The minimum atomic E-state index is -1.15. The number of carbonyl (C=O) groups is 2. The lowest BCUT2D eigenvalue weighted by molar-refractivity contribution is -0.130. The predicted octanol–water partition coefficient (Wildman–Crippen LogP) is 4.36. The number of amides is 2. The van der Waals surface area contributed by atoms with Crippen LogP contribution in [0.1, 0.15) is 23.1 Å². The van der Waals surface area contributed by atoms with E-state index in [1.54, 1.807) is 6.08 Å². The molecule has 136 valence electrons. The molecule has 0 radical (unpaired) electrons. The Balaban J connectivity index is 1.97. The van der Waals surface area contributed by atoms with E-state index in [9.17, 15) is 9.59 Å². The fraction of sp³-hybridized carbons (Fsp3) is 0.200. The second-order valence-corrected chi connectivity index (χ2v) is 6.03. The summed E-state index contributed by atoms with van der Waals surface area (Å²) in [6.45, 7) is 3.83. The zero-order valence-electron chi connectivity index (χ0n) is 14.5. The van der Waals surface area contributed by atoms with Crippen LogP contribution in [-0.2, 0) is 9.53 Å². The zero-order valence-corrected chi connectivity index (χ0v) is 14.5. The monoisotopic (exact) mass is 362 g/mol. The van der Waals surface area contributed by atoms with Gasteiger partial charge in [-0.05, 0) is 16.7 Å². The maximum Gasteiger partial charge on any atom is 0.417 e. The Morgan fingerprint density at radius 1 is 1.22 bits per heavy atom. The van der Waals surface area contributed by atoms with Crippen LogP contribution in [0.5, 0.6) is 0 Å². The normalized spacial score (nSPS) is 18.1. The van der Waals surface area contributed by atoms with Gasteiger partial charge in [0.2, 0.25) is 5.91 Å². The van der Waals surface area contributed by atoms with Crippen molar-refractivity contribution in [2.75, 3.05) is 6.61 Å². The smallest absolute Gasteiger partial charge is 0.417 e. The van der Waals surface area contributed by atoms with E-state index in [2.05, 4.69) is 16.6 Å². The third-order valence-corrected chi connectivity index (χ3v) is 4.50. The summed E-state index contributed by atoms with van der Waals surface area (Å²) in [4.78, 5) is 29.4. The number of ether oxygens (including phenoxy) is 1. The van der Waals surface area contributed by atoms with E-state index in [0.29, 0.717) is 0 Å². The van der Waals surface area contributed by atoms with Crippen molar-refractivity contribution in [2.45, 2.75) is 18.0 Å². The predicted molar refractivity (Wildman–Crippen MR) is 99.7 cm³/mol. The Morgan fingerprint density at radius 2 is 1.85 bits per heavy atom. The fourth-order valence-electron chi connectivity index (χ4n) is 3.18. The SMILES string of the molecule is C=CC(c1ccccc1)C(N=[N+]=[N-])C(=O)N1C(=O)OCC1c1ccccc1. The third-order valence-electron chi connectivity index (χ3n) is 4.50. The molecule has 7 heteroatoms. The fourth-order valence-corrected chi connectivity index (χ4v) is 3.18. The Kier molecular flexibility index (Phi) is 5.54. The standard InChI is InChI=1S/C20H18N4O3/c1-2-16(14-9-5-3-6-10-14)18(22-23-21)19(25)24-17(13-27-20(24)26)15-11-7-4-8-12-15/h2-12,16-18H,1,13H2. The van der Waals surface area contributed by atoms with Crippen LogP contribution in [-0.4, -0.2) is 29.5 Å². The minimum Gasteiger partial charge on any atom is -0.446 e. The molecule has 2 aromatic carbocycles. The molecule has 3 rings (SSSR count). The highest BCUT2D eigenvalue weighted by molar-refractivity contribution is 5.97. The summed E-state index contributed by atoms with van der Waals surface area (Å²) >= 11 is 0. The van der Waals surface area contributed by atoms with Crippen LogP contribution in [0.2, 0.25) is 0 Å². The van der Waals surface area contributed by atoms with Crippen molar-refractivity contribution in [1.82, 2.24) is 4.90 Å². The lowest BCUT2D eigenvalue weighted by atomic mass is 9.90. The van der Waals surface area contributed by atoms with Gasteiger partial charge in [-0.15, -0.1) is 6.58 Å². The molecule has 2 amide bonds. The van der Waals surface area contributed by atoms with Crippen LogP contribution in [0, 0.1) is 0 Å². The van der Waals surface area contributed by atoms with Gasteiger partial charge in [0.25, 0.3) is 0 Å². The van der Waals surface area contributed by atoms with Gasteiger partial charge in [-0.1, -0.05) is 71.9 Å². The van der Waals surface area contributed by atoms with Crippen molar-refractivity contribution in [1.29, 1.82) is 0 Å². The maximum absolute atomic E-state index is 13.2. The van der Waals surface area contributed by atoms with Crippen molar-refractivity contribution in [3.63, 3.8) is 0 Å². The highest BCUT2D eigenvalue weighted by Gasteiger charge is 2.43. The number of nitrogens with zero attached hydrogens (tertiary/aromatic N) is 4. The molecular formula is C20H18N4O3. The first-order chi connectivity index (χ1) is 13.2. The van der Waals surface area contributed by atoms with Gasteiger partial charge < -0.3 is 4.74 Å². The van der Waals surface area contributed by atoms with Crippen molar-refractivity contribution < 1.29 is 14.3 Å². The summed E-state index contributed by atoms with van der Waals surface area (Å²) < 4.78 is 5.11. The van der Waals surface area contributed by atoms with Gasteiger partial charge in [0.1, 0.15) is 18.7 Å². The van der Waals surface area contributed by atoms with Crippen molar-refractivity contribution in [2.24, 2.45) is 5.11 Å². The number of hydrogen-bond acceptors (Lipinski definition) is 4. The van der Waals surface area contributed by atoms with Crippen molar-refractivity contribution in [3.8, 4) is 0 Å². The van der Waals surface area contributed by atoms with Gasteiger partial charge in [-0.3, -0.25) is 4.79 Å². The molecule has 1 aliphatic rings. The Morgan fingerprint density at radius 3 is 2.44 bits per heavy atom. The van der Waals surface area contributed by atoms with E-state index < -0.39 is 30.0 Å². The highest BCUT2D eigenvalue weighted by atomic mass is 16.6. The van der Waals surface area contributed by atoms with E-state index in [1.165, 1.54) is 0 Å². The van der Waals surface area contributed by atoms with E-state index >= 15 is 0 Å². The van der Waals surface area contributed by atoms with E-state index in [-0.39, 0.29) is 6.61 Å². The van der Waals surface area contributed by atoms with E-state index in [4.69, 9.17) is 10.3 Å². The van der Waals surface area contributed by atoms with Gasteiger partial charge in [-0.2, -0.15) is 0 Å². The Hall–Kier alpha value is -3.57. The molecule has 3 atom stereocenters. The number of hydrogen-bond donors (Lipinski definition) is 0. The summed E-state index contributed by atoms with van der Waals surface area (Å²) in [6, 6.07) is 16.5. The molecule has 1 heterocycles. The summed E-state index contributed by atoms with van der Waals surface area (Å²) in [5.41, 5.74) is 10.5. The Bertz CT molecular complexity index is 879. The largest absolute Gasteiger partial charge is 0.446 e. The number of carbonyl (C=O) groups excluding carboxylic acids is 2. The molecular weight excluding hydrogens is 344 g/mol. The molecule has 0 spiro atoms. The number of cyclic esters (lactones) is 1. The molecule has 2 aromatic rings.